The van der Waals surface area contributed by atoms with Crippen molar-refractivity contribution in [2.45, 2.75) is 36.9 Å². The molecule has 0 unspecified atom stereocenters. The number of nitrogens with zero attached hydrogens (tertiary/aromatic N) is 2. The van der Waals surface area contributed by atoms with E-state index in [2.05, 4.69) is 48.0 Å². The van der Waals surface area contributed by atoms with Crippen molar-refractivity contribution in [3.8, 4) is 11.1 Å². The van der Waals surface area contributed by atoms with Crippen molar-refractivity contribution >= 4 is 11.7 Å². The van der Waals surface area contributed by atoms with Crippen LogP contribution in [-0.2, 0) is 19.7 Å². The maximum absolute atomic E-state index is 13.9. The molecule has 5 atom stereocenters. The molecule has 1 aliphatic carbocycles. The lowest BCUT2D eigenvalue weighted by Gasteiger charge is -2.66. The van der Waals surface area contributed by atoms with Crippen LogP contribution in [0.3, 0.4) is 0 Å². The van der Waals surface area contributed by atoms with Crippen LogP contribution in [0.15, 0.2) is 54.1 Å². The van der Waals surface area contributed by atoms with Gasteiger partial charge < -0.3 is 14.4 Å². The molecule has 0 radical (unpaired) electrons. The minimum atomic E-state index is -0.770. The van der Waals surface area contributed by atoms with Crippen LogP contribution in [0.1, 0.15) is 25.3 Å². The largest absolute Gasteiger partial charge is 0.468 e. The maximum Gasteiger partial charge on any atom is 0.315 e. The minimum Gasteiger partial charge on any atom is -0.468 e. The number of hydrogen-bond donors (Lipinski definition) is 0. The van der Waals surface area contributed by atoms with E-state index in [4.69, 9.17) is 9.47 Å². The predicted molar refractivity (Wildman–Crippen MR) is 127 cm³/mol. The Morgan fingerprint density at radius 1 is 1.21 bits per heavy atom. The Morgan fingerprint density at radius 2 is 1.97 bits per heavy atom. The molecular weight excluding hydrogens is 431 g/mol. The molecule has 4 heterocycles. The Morgan fingerprint density at radius 3 is 2.71 bits per heavy atom. The number of rotatable bonds is 2. The van der Waals surface area contributed by atoms with Gasteiger partial charge in [0.25, 0.3) is 0 Å². The SMILES string of the molecule is C/C=C1/CN2CC[C@@]34c5cc(-c6ccc(F)cc6)ccc5N(C)[C@]35OC[C@@]4(C(=O)OC)[C@H]1C[C@H]25. The lowest BCUT2D eigenvalue weighted by atomic mass is 9.43. The van der Waals surface area contributed by atoms with E-state index in [1.165, 1.54) is 30.4 Å². The number of halogens is 1. The molecule has 2 aromatic rings. The van der Waals surface area contributed by atoms with Gasteiger partial charge in [0.2, 0.25) is 0 Å². The summed E-state index contributed by atoms with van der Waals surface area (Å²) in [6, 6.07) is 13.3. The highest BCUT2D eigenvalue weighted by Crippen LogP contribution is 2.76. The number of fused-ring (bicyclic) bond motifs is 3. The molecule has 0 spiro atoms. The number of esters is 1. The highest BCUT2D eigenvalue weighted by atomic mass is 19.1. The fraction of sp³-hybridized carbons (Fsp3) is 0.464. The van der Waals surface area contributed by atoms with Gasteiger partial charge in [-0.1, -0.05) is 29.8 Å². The number of hydrogen-bond acceptors (Lipinski definition) is 5. The fourth-order valence-corrected chi connectivity index (χ4v) is 8.62. The van der Waals surface area contributed by atoms with Crippen LogP contribution in [0.25, 0.3) is 11.1 Å². The first kappa shape index (κ1) is 20.7. The second-order valence-electron chi connectivity index (χ2n) is 10.5. The van der Waals surface area contributed by atoms with Crippen LogP contribution >= 0.6 is 0 Å². The summed E-state index contributed by atoms with van der Waals surface area (Å²) in [4.78, 5) is 18.8. The average Bonchev–Trinajstić information content (AvgIpc) is 3.24. The smallest absolute Gasteiger partial charge is 0.315 e. The van der Waals surface area contributed by atoms with Crippen molar-refractivity contribution in [3.63, 3.8) is 0 Å². The van der Waals surface area contributed by atoms with Gasteiger partial charge in [0.1, 0.15) is 11.2 Å². The third-order valence-corrected chi connectivity index (χ3v) is 9.86. The van der Waals surface area contributed by atoms with E-state index >= 15 is 0 Å². The number of carbonyl (C=O) groups excluding carboxylic acids is 1. The highest BCUT2D eigenvalue weighted by molar-refractivity contribution is 5.87. The molecule has 0 N–H and O–H groups in total. The monoisotopic (exact) mass is 460 g/mol. The van der Waals surface area contributed by atoms with Crippen molar-refractivity contribution in [1.29, 1.82) is 0 Å². The van der Waals surface area contributed by atoms with Crippen LogP contribution < -0.4 is 4.90 Å². The maximum atomic E-state index is 13.9. The van der Waals surface area contributed by atoms with Gasteiger partial charge in [-0.3, -0.25) is 9.69 Å². The van der Waals surface area contributed by atoms with Crippen LogP contribution in [-0.4, -0.2) is 56.5 Å². The number of ether oxygens (including phenoxy) is 2. The van der Waals surface area contributed by atoms with Gasteiger partial charge in [-0.25, -0.2) is 4.39 Å². The lowest BCUT2D eigenvalue weighted by Crippen LogP contribution is -2.80. The van der Waals surface area contributed by atoms with Crippen LogP contribution in [0.5, 0.6) is 0 Å². The summed E-state index contributed by atoms with van der Waals surface area (Å²) in [6.45, 7) is 4.27. The standard InChI is InChI=1S/C28H29FN2O3/c1-4-17-15-31-12-11-27-22-13-19(18-5-8-20(29)9-6-18)7-10-23(22)30(2)28(27)24(31)14-21(17)26(27,16-34-28)25(32)33-3/h4-10,13,21,24H,11-12,14-16H2,1-3H3/b17-4-/t21-,24-,26-,27-,28+/m0/s1. The first-order valence-corrected chi connectivity index (χ1v) is 12.2. The van der Waals surface area contributed by atoms with Gasteiger partial charge >= 0.3 is 5.97 Å². The summed E-state index contributed by atoms with van der Waals surface area (Å²) in [5.74, 6) is -0.304. The molecule has 3 saturated heterocycles. The van der Waals surface area contributed by atoms with Gasteiger partial charge in [-0.2, -0.15) is 0 Å². The highest BCUT2D eigenvalue weighted by Gasteiger charge is 2.86. The van der Waals surface area contributed by atoms with E-state index in [0.29, 0.717) is 6.61 Å². The molecule has 4 fully saturated rings. The van der Waals surface area contributed by atoms with Gasteiger partial charge in [-0.15, -0.1) is 0 Å². The summed E-state index contributed by atoms with van der Waals surface area (Å²) in [6.07, 6.45) is 3.95. The van der Waals surface area contributed by atoms with E-state index in [1.807, 2.05) is 12.1 Å². The minimum absolute atomic E-state index is 0.0935. The second kappa shape index (κ2) is 6.49. The van der Waals surface area contributed by atoms with Crippen LogP contribution in [0.2, 0.25) is 0 Å². The first-order valence-electron chi connectivity index (χ1n) is 12.2. The number of likely N-dealkylation sites (N-methyl/N-ethyl adjacent to an activating group) is 1. The number of allylic oxidation sites excluding steroid dienone is 1. The zero-order valence-corrected chi connectivity index (χ0v) is 19.8. The van der Waals surface area contributed by atoms with Crippen molar-refractivity contribution < 1.29 is 18.7 Å². The molecule has 5 aliphatic rings. The van der Waals surface area contributed by atoms with E-state index in [1.54, 1.807) is 0 Å². The normalized spacial score (nSPS) is 38.2. The Balaban J connectivity index is 1.53. The molecule has 6 heteroatoms. The average molecular weight is 461 g/mol. The molecule has 176 valence electrons. The van der Waals surface area contributed by atoms with E-state index < -0.39 is 16.6 Å². The molecule has 2 aromatic carbocycles. The summed E-state index contributed by atoms with van der Waals surface area (Å²) < 4.78 is 26.1. The molecule has 0 aromatic heterocycles. The molecule has 7 rings (SSSR count). The third kappa shape index (κ3) is 1.96. The van der Waals surface area contributed by atoms with Gasteiger partial charge in [0.15, 0.2) is 5.72 Å². The van der Waals surface area contributed by atoms with Crippen molar-refractivity contribution in [2.24, 2.45) is 11.3 Å². The van der Waals surface area contributed by atoms with Gasteiger partial charge in [0.05, 0.1) is 25.2 Å². The number of benzene rings is 2. The Labute approximate surface area is 199 Å². The summed E-state index contributed by atoms with van der Waals surface area (Å²) in [7, 11) is 3.64. The Hall–Kier alpha value is -2.70. The topological polar surface area (TPSA) is 42.0 Å². The second-order valence-corrected chi connectivity index (χ2v) is 10.5. The van der Waals surface area contributed by atoms with E-state index in [0.717, 1.165) is 42.7 Å². The first-order chi connectivity index (χ1) is 16.4. The molecule has 4 aliphatic heterocycles. The van der Waals surface area contributed by atoms with Gasteiger partial charge in [-0.05, 0) is 60.7 Å². The van der Waals surface area contributed by atoms with Crippen molar-refractivity contribution in [3.05, 3.63) is 65.5 Å². The van der Waals surface area contributed by atoms with Crippen molar-refractivity contribution in [2.75, 3.05) is 38.8 Å². The number of anilines is 1. The quantitative estimate of drug-likeness (QED) is 0.498. The third-order valence-electron chi connectivity index (χ3n) is 9.86. The van der Waals surface area contributed by atoms with Crippen molar-refractivity contribution in [1.82, 2.24) is 4.90 Å². The molecule has 34 heavy (non-hydrogen) atoms. The molecule has 5 nitrogen and oxygen atoms in total. The fourth-order valence-electron chi connectivity index (χ4n) is 8.62. The van der Waals surface area contributed by atoms with Crippen LogP contribution in [0, 0.1) is 17.2 Å². The molecular formula is C28H29FN2O3. The Bertz CT molecular complexity index is 1260. The zero-order valence-electron chi connectivity index (χ0n) is 19.8. The summed E-state index contributed by atoms with van der Waals surface area (Å²) >= 11 is 0. The van der Waals surface area contributed by atoms with E-state index in [-0.39, 0.29) is 23.7 Å². The lowest BCUT2D eigenvalue weighted by molar-refractivity contribution is -0.183. The molecule has 0 amide bonds. The summed E-state index contributed by atoms with van der Waals surface area (Å²) in [5.41, 5.74) is 3.74. The zero-order chi connectivity index (χ0) is 23.5. The molecule has 5 bridgehead atoms. The van der Waals surface area contributed by atoms with E-state index in [9.17, 15) is 9.18 Å². The molecule has 1 saturated carbocycles. The predicted octanol–water partition coefficient (Wildman–Crippen LogP) is 4.12. The summed E-state index contributed by atoms with van der Waals surface area (Å²) in [5, 5.41) is 0. The Kier molecular flexibility index (Phi) is 3.94. The number of carbonyl (C=O) groups is 1. The van der Waals surface area contributed by atoms with Crippen LogP contribution in [0.4, 0.5) is 10.1 Å². The number of methoxy groups -OCH3 is 1. The number of piperidine rings is 2. The van der Waals surface area contributed by atoms with Gasteiger partial charge in [0, 0.05) is 31.7 Å².